The summed E-state index contributed by atoms with van der Waals surface area (Å²) in [5, 5.41) is 11.1. The lowest BCUT2D eigenvalue weighted by Gasteiger charge is -2.29. The SMILES string of the molecule is Nc1cc(Cl)nc(NC[C@H]2CC[C@H](NCCCNC3CCCCC3)CC2)n1. The van der Waals surface area contributed by atoms with Crippen molar-refractivity contribution in [2.24, 2.45) is 5.92 Å². The van der Waals surface area contributed by atoms with Gasteiger partial charge in [0.15, 0.2) is 0 Å². The minimum absolute atomic E-state index is 0.385. The van der Waals surface area contributed by atoms with Crippen molar-refractivity contribution in [2.75, 3.05) is 30.7 Å². The van der Waals surface area contributed by atoms with Gasteiger partial charge in [-0.15, -0.1) is 0 Å². The average molecular weight is 395 g/mol. The van der Waals surface area contributed by atoms with Crippen molar-refractivity contribution in [1.82, 2.24) is 20.6 Å². The monoisotopic (exact) mass is 394 g/mol. The van der Waals surface area contributed by atoms with Crippen molar-refractivity contribution in [3.63, 3.8) is 0 Å². The zero-order valence-electron chi connectivity index (χ0n) is 16.4. The second-order valence-electron chi connectivity index (χ2n) is 8.13. The van der Waals surface area contributed by atoms with Gasteiger partial charge in [0.25, 0.3) is 0 Å². The average Bonchev–Trinajstić information content (AvgIpc) is 2.67. The van der Waals surface area contributed by atoms with Crippen LogP contribution in [0.15, 0.2) is 6.07 Å². The first-order valence-corrected chi connectivity index (χ1v) is 11.1. The van der Waals surface area contributed by atoms with Crippen LogP contribution in [-0.2, 0) is 0 Å². The Bertz CT molecular complexity index is 535. The predicted molar refractivity (Wildman–Crippen MR) is 113 cm³/mol. The molecule has 0 saturated heterocycles. The molecule has 2 aliphatic carbocycles. The lowest BCUT2D eigenvalue weighted by atomic mass is 9.86. The molecule has 5 N–H and O–H groups in total. The molecule has 3 rings (SSSR count). The highest BCUT2D eigenvalue weighted by molar-refractivity contribution is 6.29. The van der Waals surface area contributed by atoms with E-state index in [9.17, 15) is 0 Å². The summed E-state index contributed by atoms with van der Waals surface area (Å²) in [7, 11) is 0. The molecule has 0 spiro atoms. The first-order chi connectivity index (χ1) is 13.2. The third-order valence-electron chi connectivity index (χ3n) is 5.94. The van der Waals surface area contributed by atoms with Crippen LogP contribution in [0.25, 0.3) is 0 Å². The molecule has 6 nitrogen and oxygen atoms in total. The fourth-order valence-corrected chi connectivity index (χ4v) is 4.52. The maximum atomic E-state index is 5.92. The number of nitrogens with zero attached hydrogens (tertiary/aromatic N) is 2. The second kappa shape index (κ2) is 11.0. The predicted octanol–water partition coefficient (Wildman–Crippen LogP) is 3.58. The Morgan fingerprint density at radius 2 is 1.59 bits per heavy atom. The molecule has 2 aliphatic rings. The van der Waals surface area contributed by atoms with Crippen LogP contribution in [0.1, 0.15) is 64.2 Å². The highest BCUT2D eigenvalue weighted by Gasteiger charge is 2.21. The van der Waals surface area contributed by atoms with Crippen molar-refractivity contribution < 1.29 is 0 Å². The van der Waals surface area contributed by atoms with E-state index in [0.717, 1.165) is 25.7 Å². The van der Waals surface area contributed by atoms with Crippen molar-refractivity contribution in [1.29, 1.82) is 0 Å². The molecule has 1 aromatic rings. The number of nitrogens with one attached hydrogen (secondary N) is 3. The second-order valence-corrected chi connectivity index (χ2v) is 8.52. The van der Waals surface area contributed by atoms with Crippen molar-refractivity contribution in [3.05, 3.63) is 11.2 Å². The van der Waals surface area contributed by atoms with E-state index in [1.54, 1.807) is 6.07 Å². The summed E-state index contributed by atoms with van der Waals surface area (Å²) >= 11 is 5.92. The summed E-state index contributed by atoms with van der Waals surface area (Å²) in [5.41, 5.74) is 5.71. The topological polar surface area (TPSA) is 87.9 Å². The molecule has 2 saturated carbocycles. The van der Waals surface area contributed by atoms with Crippen LogP contribution in [0.4, 0.5) is 11.8 Å². The summed E-state index contributed by atoms with van der Waals surface area (Å²) < 4.78 is 0. The van der Waals surface area contributed by atoms with Crippen LogP contribution in [0, 0.1) is 5.92 Å². The van der Waals surface area contributed by atoms with Crippen LogP contribution in [-0.4, -0.2) is 41.7 Å². The number of aromatic nitrogens is 2. The number of halogens is 1. The van der Waals surface area contributed by atoms with Gasteiger partial charge in [-0.25, -0.2) is 4.98 Å². The highest BCUT2D eigenvalue weighted by atomic mass is 35.5. The Morgan fingerprint density at radius 3 is 2.26 bits per heavy atom. The molecule has 0 atom stereocenters. The Morgan fingerprint density at radius 1 is 0.926 bits per heavy atom. The number of anilines is 2. The molecule has 1 heterocycles. The zero-order chi connectivity index (χ0) is 18.9. The Labute approximate surface area is 168 Å². The molecular formula is C20H35ClN6. The maximum Gasteiger partial charge on any atom is 0.226 e. The molecule has 0 aliphatic heterocycles. The highest BCUT2D eigenvalue weighted by Crippen LogP contribution is 2.24. The molecule has 0 amide bonds. The van der Waals surface area contributed by atoms with Gasteiger partial charge in [0.05, 0.1) is 0 Å². The molecule has 0 unspecified atom stereocenters. The van der Waals surface area contributed by atoms with Crippen LogP contribution in [0.2, 0.25) is 5.15 Å². The van der Waals surface area contributed by atoms with E-state index in [2.05, 4.69) is 25.9 Å². The molecule has 0 aromatic carbocycles. The fraction of sp³-hybridized carbons (Fsp3) is 0.800. The Balaban J connectivity index is 1.23. The molecule has 7 heteroatoms. The lowest BCUT2D eigenvalue weighted by molar-refractivity contribution is 0.298. The van der Waals surface area contributed by atoms with Crippen LogP contribution < -0.4 is 21.7 Å². The van der Waals surface area contributed by atoms with Crippen LogP contribution in [0.5, 0.6) is 0 Å². The first kappa shape index (κ1) is 20.6. The smallest absolute Gasteiger partial charge is 0.226 e. The van der Waals surface area contributed by atoms with Gasteiger partial charge in [-0.05, 0) is 64.0 Å². The normalized spacial score (nSPS) is 24.0. The van der Waals surface area contributed by atoms with Gasteiger partial charge in [-0.2, -0.15) is 4.98 Å². The fourth-order valence-electron chi connectivity index (χ4n) is 4.33. The summed E-state index contributed by atoms with van der Waals surface area (Å²) in [6, 6.07) is 3.02. The van der Waals surface area contributed by atoms with E-state index in [1.165, 1.54) is 64.2 Å². The largest absolute Gasteiger partial charge is 0.383 e. The molecule has 2 fully saturated rings. The molecule has 0 bridgehead atoms. The third-order valence-corrected chi connectivity index (χ3v) is 6.13. The van der Waals surface area contributed by atoms with E-state index in [4.69, 9.17) is 17.3 Å². The van der Waals surface area contributed by atoms with E-state index in [0.29, 0.717) is 28.9 Å². The third kappa shape index (κ3) is 7.43. The van der Waals surface area contributed by atoms with Crippen LogP contribution in [0.3, 0.4) is 0 Å². The lowest BCUT2D eigenvalue weighted by Crippen LogP contribution is -2.37. The standard InChI is InChI=1S/C20H35ClN6/c21-18-13-19(22)27-20(26-18)25-14-15-7-9-17(10-8-15)24-12-4-11-23-16-5-2-1-3-6-16/h13,15-17,23-24H,1-12,14H2,(H3,22,25,26,27)/t15-,17-. The van der Waals surface area contributed by atoms with E-state index >= 15 is 0 Å². The van der Waals surface area contributed by atoms with Crippen molar-refractivity contribution in [3.8, 4) is 0 Å². The minimum atomic E-state index is 0.385. The molecule has 152 valence electrons. The van der Waals surface area contributed by atoms with E-state index in [1.807, 2.05) is 0 Å². The molecule has 27 heavy (non-hydrogen) atoms. The zero-order valence-corrected chi connectivity index (χ0v) is 17.1. The summed E-state index contributed by atoms with van der Waals surface area (Å²) in [6.07, 6.45) is 13.2. The van der Waals surface area contributed by atoms with E-state index < -0.39 is 0 Å². The summed E-state index contributed by atoms with van der Waals surface area (Å²) in [6.45, 7) is 3.17. The van der Waals surface area contributed by atoms with Gasteiger partial charge >= 0.3 is 0 Å². The van der Waals surface area contributed by atoms with Gasteiger partial charge in [0.1, 0.15) is 11.0 Å². The van der Waals surface area contributed by atoms with Gasteiger partial charge in [0, 0.05) is 24.7 Å². The van der Waals surface area contributed by atoms with Crippen LogP contribution >= 0.6 is 11.6 Å². The van der Waals surface area contributed by atoms with E-state index in [-0.39, 0.29) is 0 Å². The summed E-state index contributed by atoms with van der Waals surface area (Å²) in [4.78, 5) is 8.35. The van der Waals surface area contributed by atoms with Gasteiger partial charge in [0.2, 0.25) is 5.95 Å². The molecule has 0 radical (unpaired) electrons. The summed E-state index contributed by atoms with van der Waals surface area (Å²) in [5.74, 6) is 1.61. The molecule has 1 aromatic heterocycles. The number of hydrogen-bond donors (Lipinski definition) is 4. The number of nitrogens with two attached hydrogens (primary N) is 1. The maximum absolute atomic E-state index is 5.92. The molecular weight excluding hydrogens is 360 g/mol. The van der Waals surface area contributed by atoms with Crippen molar-refractivity contribution >= 4 is 23.4 Å². The van der Waals surface area contributed by atoms with Gasteiger partial charge in [-0.1, -0.05) is 30.9 Å². The quantitative estimate of drug-likeness (QED) is 0.378. The number of hydrogen-bond acceptors (Lipinski definition) is 6. The Kier molecular flexibility index (Phi) is 8.42. The Hall–Kier alpha value is -1.11. The first-order valence-electron chi connectivity index (χ1n) is 10.7. The minimum Gasteiger partial charge on any atom is -0.383 e. The number of nitrogen functional groups attached to an aromatic ring is 1. The van der Waals surface area contributed by atoms with Crippen molar-refractivity contribution in [2.45, 2.75) is 76.3 Å². The van der Waals surface area contributed by atoms with Gasteiger partial charge < -0.3 is 21.7 Å². The number of rotatable bonds is 9. The van der Waals surface area contributed by atoms with Gasteiger partial charge in [-0.3, -0.25) is 0 Å².